The van der Waals surface area contributed by atoms with Gasteiger partial charge in [-0.1, -0.05) is 23.4 Å². The molecule has 148 valence electrons. The molecule has 1 aromatic carbocycles. The average molecular weight is 421 g/mol. The molecule has 0 bridgehead atoms. The van der Waals surface area contributed by atoms with Crippen molar-refractivity contribution >= 4 is 35.1 Å². The molecular formula is C18H21ClN6O2S. The number of rotatable bonds is 7. The van der Waals surface area contributed by atoms with Crippen molar-refractivity contribution in [3.8, 4) is 17.1 Å². The van der Waals surface area contributed by atoms with Crippen LogP contribution in [0, 0.1) is 0 Å². The van der Waals surface area contributed by atoms with Crippen LogP contribution >= 0.6 is 23.4 Å². The molecule has 28 heavy (non-hydrogen) atoms. The zero-order valence-electron chi connectivity index (χ0n) is 15.9. The molecule has 0 aliphatic heterocycles. The summed E-state index contributed by atoms with van der Waals surface area (Å²) in [5, 5.41) is 14.8. The first-order chi connectivity index (χ1) is 13.4. The van der Waals surface area contributed by atoms with Gasteiger partial charge >= 0.3 is 0 Å². The van der Waals surface area contributed by atoms with E-state index in [4.69, 9.17) is 16.3 Å². The van der Waals surface area contributed by atoms with Crippen LogP contribution < -0.4 is 10.1 Å². The molecule has 2 heterocycles. The fourth-order valence-corrected chi connectivity index (χ4v) is 3.45. The zero-order valence-corrected chi connectivity index (χ0v) is 17.5. The van der Waals surface area contributed by atoms with Gasteiger partial charge in [-0.2, -0.15) is 5.10 Å². The second kappa shape index (κ2) is 8.66. The second-order valence-corrected chi connectivity index (χ2v) is 8.06. The van der Waals surface area contributed by atoms with Crippen LogP contribution in [0.4, 0.5) is 5.82 Å². The number of anilines is 1. The lowest BCUT2D eigenvalue weighted by atomic mass is 10.2. The Morgan fingerprint density at radius 2 is 2.11 bits per heavy atom. The lowest BCUT2D eigenvalue weighted by Gasteiger charge is -2.14. The van der Waals surface area contributed by atoms with Crippen molar-refractivity contribution in [3.63, 3.8) is 0 Å². The van der Waals surface area contributed by atoms with E-state index in [1.807, 2.05) is 13.8 Å². The van der Waals surface area contributed by atoms with Crippen LogP contribution in [0.5, 0.6) is 5.75 Å². The fraction of sp³-hybridized carbons (Fsp3) is 0.333. The molecule has 0 saturated heterocycles. The number of hydrogen-bond donors (Lipinski definition) is 2. The lowest BCUT2D eigenvalue weighted by molar-refractivity contribution is -0.115. The van der Waals surface area contributed by atoms with Gasteiger partial charge in [0.05, 0.1) is 24.1 Å². The van der Waals surface area contributed by atoms with Crippen LogP contribution in [0.1, 0.15) is 26.8 Å². The molecule has 0 spiro atoms. The van der Waals surface area contributed by atoms with E-state index in [1.165, 1.54) is 11.8 Å². The minimum Gasteiger partial charge on any atom is -0.496 e. The molecule has 2 N–H and O–H groups in total. The predicted octanol–water partition coefficient (Wildman–Crippen LogP) is 4.03. The molecule has 10 heteroatoms. The standard InChI is InChI=1S/C18H21ClN6O2S/c1-10(2)25-15(7-8-20-25)21-17(26)11(3)28-18-22-16(23-24-18)13-9-12(19)5-6-14(13)27-4/h5-11H,1-4H3,(H,21,26)(H,22,23,24)/t11-/m0/s1. The Bertz CT molecular complexity index is 971. The van der Waals surface area contributed by atoms with E-state index in [1.54, 1.807) is 49.2 Å². The number of thioether (sulfide) groups is 1. The van der Waals surface area contributed by atoms with Crippen LogP contribution in [0.3, 0.4) is 0 Å². The number of ether oxygens (including phenoxy) is 1. The highest BCUT2D eigenvalue weighted by Crippen LogP contribution is 2.31. The Morgan fingerprint density at radius 3 is 2.82 bits per heavy atom. The van der Waals surface area contributed by atoms with Gasteiger partial charge in [0.1, 0.15) is 11.6 Å². The summed E-state index contributed by atoms with van der Waals surface area (Å²) in [4.78, 5) is 17.0. The Morgan fingerprint density at radius 1 is 1.32 bits per heavy atom. The van der Waals surface area contributed by atoms with Crippen molar-refractivity contribution in [2.24, 2.45) is 0 Å². The number of amides is 1. The van der Waals surface area contributed by atoms with Gasteiger partial charge in [-0.05, 0) is 39.0 Å². The van der Waals surface area contributed by atoms with Crippen molar-refractivity contribution in [2.45, 2.75) is 37.2 Å². The highest BCUT2D eigenvalue weighted by Gasteiger charge is 2.20. The molecule has 1 atom stereocenters. The van der Waals surface area contributed by atoms with Crippen molar-refractivity contribution in [2.75, 3.05) is 12.4 Å². The monoisotopic (exact) mass is 420 g/mol. The summed E-state index contributed by atoms with van der Waals surface area (Å²) >= 11 is 7.33. The quantitative estimate of drug-likeness (QED) is 0.560. The molecule has 0 unspecified atom stereocenters. The number of nitrogens with zero attached hydrogens (tertiary/aromatic N) is 4. The maximum atomic E-state index is 12.5. The SMILES string of the molecule is COc1ccc(Cl)cc1-c1nc(S[C@@H](C)C(=O)Nc2ccnn2C(C)C)n[nH]1. The molecule has 0 aliphatic rings. The van der Waals surface area contributed by atoms with Crippen LogP contribution in [0.2, 0.25) is 5.02 Å². The van der Waals surface area contributed by atoms with Gasteiger partial charge in [0.2, 0.25) is 11.1 Å². The summed E-state index contributed by atoms with van der Waals surface area (Å²) in [6, 6.07) is 7.17. The largest absolute Gasteiger partial charge is 0.496 e. The summed E-state index contributed by atoms with van der Waals surface area (Å²) in [5.74, 6) is 1.66. The third-order valence-corrected chi connectivity index (χ3v) is 5.14. The van der Waals surface area contributed by atoms with Gasteiger partial charge in [0.15, 0.2) is 5.82 Å². The Hall–Kier alpha value is -2.52. The molecule has 1 amide bonds. The van der Waals surface area contributed by atoms with Gasteiger partial charge in [-0.25, -0.2) is 9.67 Å². The van der Waals surface area contributed by atoms with E-state index >= 15 is 0 Å². The maximum Gasteiger partial charge on any atom is 0.238 e. The Labute approximate surface area is 172 Å². The average Bonchev–Trinajstić information content (AvgIpc) is 3.31. The maximum absolute atomic E-state index is 12.5. The molecule has 0 aliphatic carbocycles. The number of carbonyl (C=O) groups excluding carboxylic acids is 1. The molecule has 3 aromatic rings. The van der Waals surface area contributed by atoms with E-state index in [-0.39, 0.29) is 11.9 Å². The molecule has 2 aromatic heterocycles. The Balaban J connectivity index is 1.70. The molecule has 3 rings (SSSR count). The first kappa shape index (κ1) is 20.2. The van der Waals surface area contributed by atoms with Crippen LogP contribution in [-0.4, -0.2) is 43.2 Å². The zero-order chi connectivity index (χ0) is 20.3. The third-order valence-electron chi connectivity index (χ3n) is 3.94. The van der Waals surface area contributed by atoms with Crippen molar-refractivity contribution < 1.29 is 9.53 Å². The number of aromatic nitrogens is 5. The first-order valence-corrected chi connectivity index (χ1v) is 9.92. The summed E-state index contributed by atoms with van der Waals surface area (Å²) in [5.41, 5.74) is 0.701. The van der Waals surface area contributed by atoms with Crippen LogP contribution in [-0.2, 0) is 4.79 Å². The van der Waals surface area contributed by atoms with Crippen molar-refractivity contribution in [3.05, 3.63) is 35.5 Å². The van der Waals surface area contributed by atoms with Crippen LogP contribution in [0.25, 0.3) is 11.4 Å². The van der Waals surface area contributed by atoms with Gasteiger partial charge in [0.25, 0.3) is 0 Å². The highest BCUT2D eigenvalue weighted by molar-refractivity contribution is 8.00. The summed E-state index contributed by atoms with van der Waals surface area (Å²) < 4.78 is 7.10. The van der Waals surface area contributed by atoms with Crippen molar-refractivity contribution in [1.82, 2.24) is 25.0 Å². The number of aromatic amines is 1. The Kier molecular flexibility index (Phi) is 6.25. The summed E-state index contributed by atoms with van der Waals surface area (Å²) in [6.07, 6.45) is 1.66. The topological polar surface area (TPSA) is 97.7 Å². The lowest BCUT2D eigenvalue weighted by Crippen LogP contribution is -2.24. The fourth-order valence-electron chi connectivity index (χ4n) is 2.55. The van der Waals surface area contributed by atoms with Gasteiger partial charge in [0, 0.05) is 17.1 Å². The molecule has 0 radical (unpaired) electrons. The van der Waals surface area contributed by atoms with E-state index in [0.717, 1.165) is 0 Å². The number of halogens is 1. The van der Waals surface area contributed by atoms with Crippen molar-refractivity contribution in [1.29, 1.82) is 0 Å². The summed E-state index contributed by atoms with van der Waals surface area (Å²) in [6.45, 7) is 5.80. The predicted molar refractivity (Wildman–Crippen MR) is 110 cm³/mol. The normalized spacial score (nSPS) is 12.2. The number of H-pyrrole nitrogens is 1. The van der Waals surface area contributed by atoms with Crippen LogP contribution in [0.15, 0.2) is 35.6 Å². The first-order valence-electron chi connectivity index (χ1n) is 8.66. The van der Waals surface area contributed by atoms with Gasteiger partial charge in [-0.3, -0.25) is 9.89 Å². The number of benzene rings is 1. The van der Waals surface area contributed by atoms with Gasteiger partial charge < -0.3 is 10.1 Å². The van der Waals surface area contributed by atoms with E-state index in [0.29, 0.717) is 33.1 Å². The molecular weight excluding hydrogens is 400 g/mol. The number of carbonyl (C=O) groups is 1. The number of methoxy groups -OCH3 is 1. The molecule has 0 saturated carbocycles. The van der Waals surface area contributed by atoms with E-state index < -0.39 is 5.25 Å². The molecule has 0 fully saturated rings. The minimum absolute atomic E-state index is 0.150. The number of hydrogen-bond acceptors (Lipinski definition) is 6. The molecule has 8 nitrogen and oxygen atoms in total. The summed E-state index contributed by atoms with van der Waals surface area (Å²) in [7, 11) is 1.58. The number of nitrogens with one attached hydrogen (secondary N) is 2. The van der Waals surface area contributed by atoms with Gasteiger partial charge in [-0.15, -0.1) is 5.10 Å². The minimum atomic E-state index is -0.402. The second-order valence-electron chi connectivity index (χ2n) is 6.32. The third kappa shape index (κ3) is 4.48. The van der Waals surface area contributed by atoms with E-state index in [2.05, 4.69) is 25.6 Å². The van der Waals surface area contributed by atoms with E-state index in [9.17, 15) is 4.79 Å². The smallest absolute Gasteiger partial charge is 0.238 e. The highest BCUT2D eigenvalue weighted by atomic mass is 35.5.